The lowest BCUT2D eigenvalue weighted by Crippen LogP contribution is -2.44. The van der Waals surface area contributed by atoms with Gasteiger partial charge in [0.15, 0.2) is 5.82 Å². The van der Waals surface area contributed by atoms with E-state index in [1.807, 2.05) is 60.0 Å². The van der Waals surface area contributed by atoms with Gasteiger partial charge in [-0.3, -0.25) is 9.48 Å². The fourth-order valence-electron chi connectivity index (χ4n) is 4.07. The predicted octanol–water partition coefficient (Wildman–Crippen LogP) is 4.43. The van der Waals surface area contributed by atoms with Crippen LogP contribution in [-0.4, -0.2) is 61.7 Å². The number of nitrogens with zero attached hydrogens (tertiary/aromatic N) is 5. The second-order valence-corrected chi connectivity index (χ2v) is 9.82. The van der Waals surface area contributed by atoms with Gasteiger partial charge in [0.25, 0.3) is 5.91 Å². The Morgan fingerprint density at radius 2 is 1.97 bits per heavy atom. The van der Waals surface area contributed by atoms with Crippen LogP contribution in [0.15, 0.2) is 36.5 Å². The van der Waals surface area contributed by atoms with E-state index in [2.05, 4.69) is 20.6 Å². The number of nitrogens with one attached hydrogen (secondary N) is 1. The van der Waals surface area contributed by atoms with E-state index in [-0.39, 0.29) is 18.0 Å². The first kappa shape index (κ1) is 25.2. The number of amides is 2. The molecule has 2 aromatic heterocycles. The molecule has 36 heavy (non-hydrogen) atoms. The molecule has 10 nitrogen and oxygen atoms in total. The van der Waals surface area contributed by atoms with Gasteiger partial charge in [-0.05, 0) is 64.8 Å². The van der Waals surface area contributed by atoms with Crippen molar-refractivity contribution in [1.82, 2.24) is 24.9 Å². The Hall–Kier alpha value is -3.95. The monoisotopic (exact) mass is 492 g/mol. The van der Waals surface area contributed by atoms with Gasteiger partial charge < -0.3 is 19.7 Å². The van der Waals surface area contributed by atoms with E-state index in [1.165, 1.54) is 0 Å². The first-order chi connectivity index (χ1) is 17.0. The number of rotatable bonds is 5. The van der Waals surface area contributed by atoms with Gasteiger partial charge in [0.2, 0.25) is 0 Å². The van der Waals surface area contributed by atoms with Gasteiger partial charge >= 0.3 is 6.09 Å². The molecule has 0 saturated carbocycles. The van der Waals surface area contributed by atoms with Crippen molar-refractivity contribution >= 4 is 34.3 Å². The second kappa shape index (κ2) is 9.96. The summed E-state index contributed by atoms with van der Waals surface area (Å²) in [5.41, 5.74) is 2.31. The van der Waals surface area contributed by atoms with Crippen molar-refractivity contribution < 1.29 is 19.1 Å². The van der Waals surface area contributed by atoms with E-state index in [4.69, 9.17) is 9.47 Å². The average Bonchev–Trinajstić information content (AvgIpc) is 3.16. The molecule has 10 heteroatoms. The maximum Gasteiger partial charge on any atom is 0.410 e. The van der Waals surface area contributed by atoms with Crippen LogP contribution in [0.3, 0.4) is 0 Å². The highest BCUT2D eigenvalue weighted by Crippen LogP contribution is 2.28. The van der Waals surface area contributed by atoms with E-state index >= 15 is 0 Å². The van der Waals surface area contributed by atoms with E-state index in [0.29, 0.717) is 42.4 Å². The molecule has 4 rings (SSSR count). The third kappa shape index (κ3) is 5.64. The highest BCUT2D eigenvalue weighted by Gasteiger charge is 2.29. The summed E-state index contributed by atoms with van der Waals surface area (Å²) in [6.07, 6.45) is 4.11. The summed E-state index contributed by atoms with van der Waals surface area (Å²) in [7, 11) is 1.83. The van der Waals surface area contributed by atoms with Crippen LogP contribution < -0.4 is 10.1 Å². The number of aryl methyl sites for hydroxylation is 1. The van der Waals surface area contributed by atoms with Crippen LogP contribution in [0.1, 0.15) is 57.1 Å². The molecule has 2 amide bonds. The van der Waals surface area contributed by atoms with Crippen molar-refractivity contribution in [3.8, 4) is 5.75 Å². The van der Waals surface area contributed by atoms with Gasteiger partial charge in [-0.2, -0.15) is 5.10 Å². The Bertz CT molecular complexity index is 1310. The topological polar surface area (TPSA) is 111 Å². The normalized spacial score (nSPS) is 16.0. The summed E-state index contributed by atoms with van der Waals surface area (Å²) in [6.45, 7) is 10.3. The molecule has 0 fully saturated rings. The standard InChI is InChI=1S/C26H32N6O4/c1-7-35-22-14-21-18(15-31(6)30-21)13-19(22)24(33)27-23-9-8-20(28-29-23)17-10-11-32(16(2)12-17)25(34)36-26(3,4)5/h8-10,13-16H,7,11-12H2,1-6H3,(H,27,29,33)/t16-/m0/s1. The first-order valence-corrected chi connectivity index (χ1v) is 12.0. The summed E-state index contributed by atoms with van der Waals surface area (Å²) in [5, 5.41) is 16.5. The molecule has 0 radical (unpaired) electrons. The number of benzene rings is 1. The lowest BCUT2D eigenvalue weighted by Gasteiger charge is -2.34. The van der Waals surface area contributed by atoms with Crippen LogP contribution in [0, 0.1) is 0 Å². The fraction of sp³-hybridized carbons (Fsp3) is 0.423. The zero-order valence-corrected chi connectivity index (χ0v) is 21.5. The number of ether oxygens (including phenoxy) is 2. The molecule has 1 aliphatic rings. The van der Waals surface area contributed by atoms with E-state index in [1.54, 1.807) is 27.8 Å². The summed E-state index contributed by atoms with van der Waals surface area (Å²) >= 11 is 0. The molecular formula is C26H32N6O4. The van der Waals surface area contributed by atoms with Crippen LogP contribution in [0.4, 0.5) is 10.6 Å². The molecule has 1 atom stereocenters. The van der Waals surface area contributed by atoms with Gasteiger partial charge in [0.1, 0.15) is 11.4 Å². The minimum absolute atomic E-state index is 0.0413. The van der Waals surface area contributed by atoms with Crippen LogP contribution in [0.5, 0.6) is 5.75 Å². The number of hydrogen-bond acceptors (Lipinski definition) is 7. The van der Waals surface area contributed by atoms with Crippen LogP contribution in [0.2, 0.25) is 0 Å². The molecule has 190 valence electrons. The molecule has 0 unspecified atom stereocenters. The molecular weight excluding hydrogens is 460 g/mol. The zero-order valence-electron chi connectivity index (χ0n) is 21.5. The largest absolute Gasteiger partial charge is 0.493 e. The highest BCUT2D eigenvalue weighted by atomic mass is 16.6. The van der Waals surface area contributed by atoms with Crippen LogP contribution in [-0.2, 0) is 11.8 Å². The van der Waals surface area contributed by atoms with Crippen molar-refractivity contribution in [1.29, 1.82) is 0 Å². The van der Waals surface area contributed by atoms with Crippen LogP contribution >= 0.6 is 0 Å². The maximum atomic E-state index is 13.0. The van der Waals surface area contributed by atoms with Crippen molar-refractivity contribution in [2.24, 2.45) is 7.05 Å². The fourth-order valence-corrected chi connectivity index (χ4v) is 4.07. The van der Waals surface area contributed by atoms with Crippen molar-refractivity contribution in [2.45, 2.75) is 52.7 Å². The van der Waals surface area contributed by atoms with E-state index < -0.39 is 5.60 Å². The quantitative estimate of drug-likeness (QED) is 0.561. The average molecular weight is 493 g/mol. The minimum atomic E-state index is -0.542. The van der Waals surface area contributed by atoms with Crippen molar-refractivity contribution in [3.63, 3.8) is 0 Å². The SMILES string of the molecule is CCOc1cc2nn(C)cc2cc1C(=O)Nc1ccc(C2=CCN(C(=O)OC(C)(C)C)[C@@H](C)C2)nn1. The predicted molar refractivity (Wildman–Crippen MR) is 137 cm³/mol. The minimum Gasteiger partial charge on any atom is -0.493 e. The number of carbonyl (C=O) groups is 2. The van der Waals surface area contributed by atoms with Crippen LogP contribution in [0.25, 0.3) is 16.5 Å². The highest BCUT2D eigenvalue weighted by molar-refractivity contribution is 6.08. The molecule has 3 heterocycles. The van der Waals surface area contributed by atoms with Crippen molar-refractivity contribution in [3.05, 3.63) is 47.8 Å². The third-order valence-electron chi connectivity index (χ3n) is 5.71. The second-order valence-electron chi connectivity index (χ2n) is 9.82. The van der Waals surface area contributed by atoms with Gasteiger partial charge in [-0.15, -0.1) is 10.2 Å². The number of fused-ring (bicyclic) bond motifs is 1. The third-order valence-corrected chi connectivity index (χ3v) is 5.71. The van der Waals surface area contributed by atoms with Gasteiger partial charge in [-0.1, -0.05) is 6.08 Å². The van der Waals surface area contributed by atoms with Gasteiger partial charge in [-0.25, -0.2) is 4.79 Å². The Morgan fingerprint density at radius 1 is 1.19 bits per heavy atom. The Balaban J connectivity index is 1.46. The molecule has 0 saturated heterocycles. The van der Waals surface area contributed by atoms with E-state index in [0.717, 1.165) is 16.5 Å². The summed E-state index contributed by atoms with van der Waals surface area (Å²) in [4.78, 5) is 27.2. The first-order valence-electron chi connectivity index (χ1n) is 12.0. The number of hydrogen-bond donors (Lipinski definition) is 1. The Labute approximate surface area is 210 Å². The molecule has 1 aromatic carbocycles. The molecule has 0 aliphatic carbocycles. The summed E-state index contributed by atoms with van der Waals surface area (Å²) in [6, 6.07) is 7.02. The van der Waals surface area contributed by atoms with E-state index in [9.17, 15) is 9.59 Å². The Kier molecular flexibility index (Phi) is 6.96. The van der Waals surface area contributed by atoms with Crippen molar-refractivity contribution in [2.75, 3.05) is 18.5 Å². The lowest BCUT2D eigenvalue weighted by molar-refractivity contribution is 0.0198. The van der Waals surface area contributed by atoms with Gasteiger partial charge in [0.05, 0.1) is 23.4 Å². The zero-order chi connectivity index (χ0) is 26.0. The maximum absolute atomic E-state index is 13.0. The number of aromatic nitrogens is 4. The molecule has 0 bridgehead atoms. The molecule has 1 aliphatic heterocycles. The number of anilines is 1. The van der Waals surface area contributed by atoms with Gasteiger partial charge in [0, 0.05) is 37.3 Å². The smallest absolute Gasteiger partial charge is 0.410 e. The molecule has 1 N–H and O–H groups in total. The molecule has 0 spiro atoms. The number of carbonyl (C=O) groups excluding carboxylic acids is 2. The Morgan fingerprint density at radius 3 is 2.61 bits per heavy atom. The molecule has 3 aromatic rings. The summed E-state index contributed by atoms with van der Waals surface area (Å²) < 4.78 is 12.9. The lowest BCUT2D eigenvalue weighted by atomic mass is 9.99. The summed E-state index contributed by atoms with van der Waals surface area (Å²) in [5.74, 6) is 0.448.